The lowest BCUT2D eigenvalue weighted by molar-refractivity contribution is 0.0690. The number of carboxylic acids is 1. The molecule has 0 amide bonds. The molecule has 4 aromatic rings. The van der Waals surface area contributed by atoms with Gasteiger partial charge < -0.3 is 5.11 Å². The summed E-state index contributed by atoms with van der Waals surface area (Å²) in [4.78, 5) is 15.9. The third-order valence-electron chi connectivity index (χ3n) is 4.00. The van der Waals surface area contributed by atoms with Crippen LogP contribution in [0, 0.1) is 0 Å². The number of hydrogen-bond acceptors (Lipinski definition) is 3. The van der Waals surface area contributed by atoms with Crippen LogP contribution < -0.4 is 0 Å². The third-order valence-corrected chi connectivity index (χ3v) is 4.88. The molecule has 2 aromatic heterocycles. The van der Waals surface area contributed by atoms with E-state index in [0.717, 1.165) is 0 Å². The van der Waals surface area contributed by atoms with Crippen LogP contribution >= 0.6 is 34.8 Å². The van der Waals surface area contributed by atoms with Gasteiger partial charge in [0.05, 0.1) is 16.4 Å². The monoisotopic (exact) mass is 417 g/mol. The quantitative estimate of drug-likeness (QED) is 0.462. The van der Waals surface area contributed by atoms with Crippen LogP contribution in [0.5, 0.6) is 0 Å². The van der Waals surface area contributed by atoms with E-state index in [0.29, 0.717) is 43.2 Å². The molecule has 134 valence electrons. The predicted molar refractivity (Wildman–Crippen MR) is 106 cm³/mol. The molecule has 4 rings (SSSR count). The zero-order chi connectivity index (χ0) is 19.1. The molecule has 2 heterocycles. The van der Waals surface area contributed by atoms with Gasteiger partial charge in [-0.3, -0.25) is 0 Å². The lowest BCUT2D eigenvalue weighted by atomic mass is 10.1. The average Bonchev–Trinajstić information content (AvgIpc) is 3.06. The minimum atomic E-state index is -1.14. The van der Waals surface area contributed by atoms with Crippen LogP contribution in [0.25, 0.3) is 28.2 Å². The fourth-order valence-electron chi connectivity index (χ4n) is 2.77. The standard InChI is InChI=1S/C19H10Cl3N3O2/c20-10-5-6-11(14(22)7-10)15-8-17(12-3-1-2-4-13(12)21)25-18(23-15)9-16(24-25)19(26)27/h1-9H,(H,26,27). The first-order valence-corrected chi connectivity index (χ1v) is 8.92. The van der Waals surface area contributed by atoms with E-state index >= 15 is 0 Å². The van der Waals surface area contributed by atoms with Crippen molar-refractivity contribution in [3.8, 4) is 22.5 Å². The molecule has 0 saturated heterocycles. The SMILES string of the molecule is O=C(O)c1cc2nc(-c3ccc(Cl)cc3Cl)cc(-c3ccccc3Cl)n2n1. The van der Waals surface area contributed by atoms with Crippen molar-refractivity contribution < 1.29 is 9.90 Å². The Morgan fingerprint density at radius 2 is 1.70 bits per heavy atom. The minimum absolute atomic E-state index is 0.116. The van der Waals surface area contributed by atoms with E-state index in [1.54, 1.807) is 30.3 Å². The number of aromatic carboxylic acids is 1. The van der Waals surface area contributed by atoms with Gasteiger partial charge in [-0.2, -0.15) is 5.10 Å². The van der Waals surface area contributed by atoms with E-state index in [1.807, 2.05) is 18.2 Å². The average molecular weight is 419 g/mol. The Labute approximate surface area is 168 Å². The van der Waals surface area contributed by atoms with Gasteiger partial charge in [0, 0.05) is 27.2 Å². The van der Waals surface area contributed by atoms with Gasteiger partial charge in [-0.1, -0.05) is 53.0 Å². The molecule has 2 aromatic carbocycles. The van der Waals surface area contributed by atoms with Crippen molar-refractivity contribution in [2.24, 2.45) is 0 Å². The molecular weight excluding hydrogens is 409 g/mol. The maximum absolute atomic E-state index is 11.4. The van der Waals surface area contributed by atoms with Crippen molar-refractivity contribution in [1.29, 1.82) is 0 Å². The van der Waals surface area contributed by atoms with Crippen molar-refractivity contribution in [3.63, 3.8) is 0 Å². The normalized spacial score (nSPS) is 11.1. The van der Waals surface area contributed by atoms with Crippen LogP contribution in [0.2, 0.25) is 15.1 Å². The molecule has 0 radical (unpaired) electrons. The van der Waals surface area contributed by atoms with Gasteiger partial charge in [-0.25, -0.2) is 14.3 Å². The number of hydrogen-bond donors (Lipinski definition) is 1. The summed E-state index contributed by atoms with van der Waals surface area (Å²) in [5, 5.41) is 14.9. The lowest BCUT2D eigenvalue weighted by Gasteiger charge is -2.11. The first-order chi connectivity index (χ1) is 12.9. The zero-order valence-corrected chi connectivity index (χ0v) is 15.8. The number of carboxylic acid groups (broad SMARTS) is 1. The fourth-order valence-corrected chi connectivity index (χ4v) is 3.51. The second-order valence-electron chi connectivity index (χ2n) is 5.74. The summed E-state index contributed by atoms with van der Waals surface area (Å²) in [6.45, 7) is 0. The predicted octanol–water partition coefficient (Wildman–Crippen LogP) is 5.72. The molecule has 0 saturated carbocycles. The molecule has 8 heteroatoms. The Hall–Kier alpha value is -2.60. The molecule has 0 atom stereocenters. The maximum Gasteiger partial charge on any atom is 0.356 e. The molecule has 0 aliphatic heterocycles. The minimum Gasteiger partial charge on any atom is -0.476 e. The van der Waals surface area contributed by atoms with Gasteiger partial charge in [0.2, 0.25) is 0 Å². The molecule has 0 fully saturated rings. The van der Waals surface area contributed by atoms with Gasteiger partial charge in [-0.15, -0.1) is 0 Å². The summed E-state index contributed by atoms with van der Waals surface area (Å²) < 4.78 is 1.46. The van der Waals surface area contributed by atoms with E-state index in [4.69, 9.17) is 34.8 Å². The van der Waals surface area contributed by atoms with Crippen LogP contribution in [-0.2, 0) is 0 Å². The summed E-state index contributed by atoms with van der Waals surface area (Å²) in [5.41, 5.74) is 2.75. The zero-order valence-electron chi connectivity index (χ0n) is 13.5. The summed E-state index contributed by atoms with van der Waals surface area (Å²) in [5.74, 6) is -1.14. The summed E-state index contributed by atoms with van der Waals surface area (Å²) in [6.07, 6.45) is 0. The highest BCUT2D eigenvalue weighted by Crippen LogP contribution is 2.34. The molecule has 0 aliphatic rings. The van der Waals surface area contributed by atoms with Crippen molar-refractivity contribution >= 4 is 46.4 Å². The van der Waals surface area contributed by atoms with E-state index in [1.165, 1.54) is 10.6 Å². The Bertz CT molecular complexity index is 1200. The number of fused-ring (bicyclic) bond motifs is 1. The van der Waals surface area contributed by atoms with Crippen LogP contribution in [0.1, 0.15) is 10.5 Å². The second kappa shape index (κ2) is 6.85. The number of carbonyl (C=O) groups is 1. The Balaban J connectivity index is 2.05. The molecule has 5 nitrogen and oxygen atoms in total. The smallest absolute Gasteiger partial charge is 0.356 e. The lowest BCUT2D eigenvalue weighted by Crippen LogP contribution is -2.01. The molecule has 0 unspecified atom stereocenters. The fraction of sp³-hybridized carbons (Fsp3) is 0. The van der Waals surface area contributed by atoms with E-state index in [9.17, 15) is 9.90 Å². The summed E-state index contributed by atoms with van der Waals surface area (Å²) in [6, 6.07) is 15.5. The van der Waals surface area contributed by atoms with Crippen LogP contribution in [0.4, 0.5) is 0 Å². The van der Waals surface area contributed by atoms with Crippen molar-refractivity contribution in [2.75, 3.05) is 0 Å². The number of aromatic nitrogens is 3. The van der Waals surface area contributed by atoms with Gasteiger partial charge in [0.15, 0.2) is 11.3 Å². The summed E-state index contributed by atoms with van der Waals surface area (Å²) in [7, 11) is 0. The Morgan fingerprint density at radius 3 is 2.41 bits per heavy atom. The van der Waals surface area contributed by atoms with Crippen molar-refractivity contribution in [2.45, 2.75) is 0 Å². The largest absolute Gasteiger partial charge is 0.476 e. The van der Waals surface area contributed by atoms with E-state index in [-0.39, 0.29) is 5.69 Å². The Kier molecular flexibility index (Phi) is 4.52. The highest BCUT2D eigenvalue weighted by Gasteiger charge is 2.17. The molecule has 1 N–H and O–H groups in total. The highest BCUT2D eigenvalue weighted by molar-refractivity contribution is 6.36. The molecule has 0 spiro atoms. The molecule has 27 heavy (non-hydrogen) atoms. The number of nitrogens with zero attached hydrogens (tertiary/aromatic N) is 3. The maximum atomic E-state index is 11.4. The first kappa shape index (κ1) is 17.8. The van der Waals surface area contributed by atoms with Gasteiger partial charge in [0.1, 0.15) is 0 Å². The van der Waals surface area contributed by atoms with Crippen LogP contribution in [0.15, 0.2) is 54.6 Å². The highest BCUT2D eigenvalue weighted by atomic mass is 35.5. The van der Waals surface area contributed by atoms with Crippen molar-refractivity contribution in [3.05, 3.63) is 75.4 Å². The topological polar surface area (TPSA) is 67.5 Å². The third kappa shape index (κ3) is 3.25. The van der Waals surface area contributed by atoms with Gasteiger partial charge in [0.25, 0.3) is 0 Å². The van der Waals surface area contributed by atoms with Crippen molar-refractivity contribution in [1.82, 2.24) is 14.6 Å². The first-order valence-electron chi connectivity index (χ1n) is 7.78. The number of halogens is 3. The van der Waals surface area contributed by atoms with E-state index < -0.39 is 5.97 Å². The number of benzene rings is 2. The van der Waals surface area contributed by atoms with Crippen LogP contribution in [-0.4, -0.2) is 25.7 Å². The van der Waals surface area contributed by atoms with Crippen LogP contribution in [0.3, 0.4) is 0 Å². The molecule has 0 bridgehead atoms. The second-order valence-corrected chi connectivity index (χ2v) is 6.99. The number of rotatable bonds is 3. The van der Waals surface area contributed by atoms with E-state index in [2.05, 4.69) is 10.1 Å². The van der Waals surface area contributed by atoms with Gasteiger partial charge in [-0.05, 0) is 30.3 Å². The summed E-state index contributed by atoms with van der Waals surface area (Å²) >= 11 is 18.7. The van der Waals surface area contributed by atoms with Gasteiger partial charge >= 0.3 is 5.97 Å². The molecule has 0 aliphatic carbocycles. The Morgan fingerprint density at radius 1 is 0.926 bits per heavy atom. The molecular formula is C19H10Cl3N3O2.